The second kappa shape index (κ2) is 5.30. The van der Waals surface area contributed by atoms with Crippen LogP contribution in [0.2, 0.25) is 0 Å². The van der Waals surface area contributed by atoms with Crippen molar-refractivity contribution in [3.05, 3.63) is 24.3 Å². The Labute approximate surface area is 112 Å². The number of carbonyl (C=O) groups is 1. The number of anilines is 1. The third-order valence-corrected chi connectivity index (χ3v) is 3.51. The van der Waals surface area contributed by atoms with Crippen LogP contribution in [0.5, 0.6) is 0 Å². The van der Waals surface area contributed by atoms with Crippen LogP contribution >= 0.6 is 0 Å². The van der Waals surface area contributed by atoms with Crippen LogP contribution in [0.3, 0.4) is 0 Å². The Morgan fingerprint density at radius 3 is 2.84 bits per heavy atom. The highest BCUT2D eigenvalue weighted by Gasteiger charge is 2.16. The summed E-state index contributed by atoms with van der Waals surface area (Å²) in [5, 5.41) is 3.07. The number of benzene rings is 1. The van der Waals surface area contributed by atoms with Crippen molar-refractivity contribution < 1.29 is 4.79 Å². The van der Waals surface area contributed by atoms with Crippen molar-refractivity contribution >= 4 is 22.9 Å². The van der Waals surface area contributed by atoms with Crippen LogP contribution in [-0.4, -0.2) is 40.4 Å². The Hall–Kier alpha value is -2.04. The summed E-state index contributed by atoms with van der Waals surface area (Å²) in [6.45, 7) is 2.08. The summed E-state index contributed by atoms with van der Waals surface area (Å²) in [6.07, 6.45) is 3.48. The van der Waals surface area contributed by atoms with Gasteiger partial charge in [-0.3, -0.25) is 4.79 Å². The van der Waals surface area contributed by atoms with Gasteiger partial charge in [-0.1, -0.05) is 12.1 Å². The number of amides is 1. The maximum atomic E-state index is 12.0. The number of hydrogen-bond acceptors (Lipinski definition) is 3. The zero-order valence-corrected chi connectivity index (χ0v) is 10.9. The molecule has 19 heavy (non-hydrogen) atoms. The SMILES string of the molecule is O=C(CNc1nc2ccccc2[nH]1)N1CCCCC1. The fraction of sp³-hybridized carbons (Fsp3) is 0.429. The van der Waals surface area contributed by atoms with E-state index in [0.717, 1.165) is 37.0 Å². The number of aromatic nitrogens is 2. The minimum atomic E-state index is 0.153. The van der Waals surface area contributed by atoms with E-state index in [4.69, 9.17) is 0 Å². The summed E-state index contributed by atoms with van der Waals surface area (Å²) >= 11 is 0. The summed E-state index contributed by atoms with van der Waals surface area (Å²) in [5.41, 5.74) is 1.89. The lowest BCUT2D eigenvalue weighted by atomic mass is 10.1. The van der Waals surface area contributed by atoms with Crippen LogP contribution in [0.15, 0.2) is 24.3 Å². The summed E-state index contributed by atoms with van der Waals surface area (Å²) in [6, 6.07) is 7.83. The fourth-order valence-electron chi connectivity index (χ4n) is 2.45. The molecule has 5 heteroatoms. The average Bonchev–Trinajstić information content (AvgIpc) is 2.88. The maximum absolute atomic E-state index is 12.0. The van der Waals surface area contributed by atoms with Gasteiger partial charge in [-0.15, -0.1) is 0 Å². The summed E-state index contributed by atoms with van der Waals surface area (Å²) < 4.78 is 0. The first-order chi connectivity index (χ1) is 9.33. The molecule has 0 aliphatic carbocycles. The number of fused-ring (bicyclic) bond motifs is 1. The first-order valence-corrected chi connectivity index (χ1v) is 6.79. The van der Waals surface area contributed by atoms with E-state index < -0.39 is 0 Å². The number of nitrogens with zero attached hydrogens (tertiary/aromatic N) is 2. The van der Waals surface area contributed by atoms with Gasteiger partial charge in [0.25, 0.3) is 0 Å². The quantitative estimate of drug-likeness (QED) is 0.885. The number of hydrogen-bond donors (Lipinski definition) is 2. The lowest BCUT2D eigenvalue weighted by molar-refractivity contribution is -0.130. The van der Waals surface area contributed by atoms with Crippen LogP contribution in [-0.2, 0) is 4.79 Å². The zero-order chi connectivity index (χ0) is 13.1. The van der Waals surface area contributed by atoms with Gasteiger partial charge >= 0.3 is 0 Å². The van der Waals surface area contributed by atoms with E-state index in [-0.39, 0.29) is 5.91 Å². The van der Waals surface area contributed by atoms with Gasteiger partial charge in [-0.2, -0.15) is 0 Å². The second-order valence-corrected chi connectivity index (χ2v) is 4.90. The second-order valence-electron chi connectivity index (χ2n) is 4.90. The minimum absolute atomic E-state index is 0.153. The summed E-state index contributed by atoms with van der Waals surface area (Å²) in [5.74, 6) is 0.812. The Kier molecular flexibility index (Phi) is 3.35. The highest BCUT2D eigenvalue weighted by atomic mass is 16.2. The number of piperidine rings is 1. The van der Waals surface area contributed by atoms with Crippen molar-refractivity contribution in [2.75, 3.05) is 25.0 Å². The van der Waals surface area contributed by atoms with E-state index in [2.05, 4.69) is 15.3 Å². The van der Waals surface area contributed by atoms with Gasteiger partial charge in [0.1, 0.15) is 0 Å². The van der Waals surface area contributed by atoms with Crippen molar-refractivity contribution in [1.82, 2.24) is 14.9 Å². The number of nitrogens with one attached hydrogen (secondary N) is 2. The Morgan fingerprint density at radius 2 is 2.05 bits per heavy atom. The molecular formula is C14H18N4O. The highest BCUT2D eigenvalue weighted by Crippen LogP contribution is 2.13. The molecule has 0 radical (unpaired) electrons. The molecule has 1 fully saturated rings. The van der Waals surface area contributed by atoms with Crippen molar-refractivity contribution in [1.29, 1.82) is 0 Å². The van der Waals surface area contributed by atoms with Crippen LogP contribution in [0.25, 0.3) is 11.0 Å². The first kappa shape index (κ1) is 12.0. The van der Waals surface area contributed by atoms with Gasteiger partial charge in [0, 0.05) is 13.1 Å². The third-order valence-electron chi connectivity index (χ3n) is 3.51. The molecule has 1 saturated heterocycles. The third kappa shape index (κ3) is 2.70. The number of imidazole rings is 1. The molecule has 2 heterocycles. The molecule has 1 aromatic heterocycles. The van der Waals surface area contributed by atoms with E-state index in [0.29, 0.717) is 12.5 Å². The van der Waals surface area contributed by atoms with Crippen molar-refractivity contribution in [2.24, 2.45) is 0 Å². The number of aromatic amines is 1. The molecule has 0 saturated carbocycles. The normalized spacial score (nSPS) is 15.7. The van der Waals surface area contributed by atoms with Gasteiger partial charge in [0.05, 0.1) is 17.6 Å². The topological polar surface area (TPSA) is 61.0 Å². The Morgan fingerprint density at radius 1 is 1.26 bits per heavy atom. The highest BCUT2D eigenvalue weighted by molar-refractivity contribution is 5.82. The van der Waals surface area contributed by atoms with Gasteiger partial charge in [0.2, 0.25) is 11.9 Å². The lowest BCUT2D eigenvalue weighted by Crippen LogP contribution is -2.39. The van der Waals surface area contributed by atoms with Gasteiger partial charge in [0.15, 0.2) is 0 Å². The van der Waals surface area contributed by atoms with Crippen molar-refractivity contribution in [2.45, 2.75) is 19.3 Å². The molecule has 1 aliphatic heterocycles. The molecule has 1 aromatic carbocycles. The first-order valence-electron chi connectivity index (χ1n) is 6.79. The molecule has 0 atom stereocenters. The summed E-state index contributed by atoms with van der Waals surface area (Å²) in [7, 11) is 0. The molecule has 1 amide bonds. The lowest BCUT2D eigenvalue weighted by Gasteiger charge is -2.26. The van der Waals surface area contributed by atoms with Gasteiger partial charge in [-0.25, -0.2) is 4.98 Å². The number of para-hydroxylation sites is 2. The van der Waals surface area contributed by atoms with E-state index in [1.54, 1.807) is 0 Å². The smallest absolute Gasteiger partial charge is 0.241 e. The van der Waals surface area contributed by atoms with E-state index in [9.17, 15) is 4.79 Å². The van der Waals surface area contributed by atoms with E-state index in [1.165, 1.54) is 6.42 Å². The fourth-order valence-corrected chi connectivity index (χ4v) is 2.45. The molecule has 2 aromatic rings. The monoisotopic (exact) mass is 258 g/mol. The number of H-pyrrole nitrogens is 1. The molecule has 0 bridgehead atoms. The molecule has 3 rings (SSSR count). The van der Waals surface area contributed by atoms with E-state index in [1.807, 2.05) is 29.2 Å². The molecule has 2 N–H and O–H groups in total. The Bertz CT molecular complexity index is 539. The zero-order valence-electron chi connectivity index (χ0n) is 10.9. The number of carbonyl (C=O) groups excluding carboxylic acids is 1. The summed E-state index contributed by atoms with van der Waals surface area (Å²) in [4.78, 5) is 21.5. The van der Waals surface area contributed by atoms with Gasteiger partial charge < -0.3 is 15.2 Å². The molecule has 0 unspecified atom stereocenters. The van der Waals surface area contributed by atoms with Crippen LogP contribution in [0, 0.1) is 0 Å². The number of likely N-dealkylation sites (tertiary alicyclic amines) is 1. The molecule has 1 aliphatic rings. The van der Waals surface area contributed by atoms with Crippen molar-refractivity contribution in [3.8, 4) is 0 Å². The molecule has 100 valence electrons. The van der Waals surface area contributed by atoms with Crippen molar-refractivity contribution in [3.63, 3.8) is 0 Å². The molecular weight excluding hydrogens is 240 g/mol. The number of rotatable bonds is 3. The van der Waals surface area contributed by atoms with Crippen LogP contribution < -0.4 is 5.32 Å². The standard InChI is InChI=1S/C14H18N4O/c19-13(18-8-4-1-5-9-18)10-15-14-16-11-6-2-3-7-12(11)17-14/h2-3,6-7H,1,4-5,8-10H2,(H2,15,16,17). The maximum Gasteiger partial charge on any atom is 0.241 e. The largest absolute Gasteiger partial charge is 0.347 e. The minimum Gasteiger partial charge on any atom is -0.347 e. The predicted molar refractivity (Wildman–Crippen MR) is 75.0 cm³/mol. The van der Waals surface area contributed by atoms with E-state index >= 15 is 0 Å². The van der Waals surface area contributed by atoms with Crippen LogP contribution in [0.1, 0.15) is 19.3 Å². The van der Waals surface area contributed by atoms with Crippen LogP contribution in [0.4, 0.5) is 5.95 Å². The average molecular weight is 258 g/mol. The molecule has 0 spiro atoms. The molecule has 5 nitrogen and oxygen atoms in total. The predicted octanol–water partition coefficient (Wildman–Crippen LogP) is 1.99. The Balaban J connectivity index is 1.60. The van der Waals surface area contributed by atoms with Gasteiger partial charge in [-0.05, 0) is 31.4 Å².